The summed E-state index contributed by atoms with van der Waals surface area (Å²) in [6, 6.07) is 0. The predicted octanol–water partition coefficient (Wildman–Crippen LogP) is 0.291. The first kappa shape index (κ1) is 11.2. The fourth-order valence-electron chi connectivity index (χ4n) is 0.965. The van der Waals surface area contributed by atoms with Gasteiger partial charge in [0.1, 0.15) is 6.61 Å². The molecule has 0 aliphatic heterocycles. The summed E-state index contributed by atoms with van der Waals surface area (Å²) in [6.07, 6.45) is 4.73. The van der Waals surface area contributed by atoms with Gasteiger partial charge in [0.25, 0.3) is 0 Å². The molecule has 0 saturated carbocycles. The van der Waals surface area contributed by atoms with E-state index in [2.05, 4.69) is 4.98 Å². The Balaban J connectivity index is 2.09. The van der Waals surface area contributed by atoms with Crippen LogP contribution in [-0.2, 0) is 20.9 Å². The quantitative estimate of drug-likeness (QED) is 0.685. The lowest BCUT2D eigenvalue weighted by Gasteiger charge is -2.04. The van der Waals surface area contributed by atoms with E-state index in [0.717, 1.165) is 0 Å². The minimum atomic E-state index is -0.999. The third-order valence-electron chi connectivity index (χ3n) is 1.71. The number of nitrogens with zero attached hydrogens (tertiary/aromatic N) is 2. The highest BCUT2D eigenvalue weighted by atomic mass is 16.5. The number of esters is 1. The van der Waals surface area contributed by atoms with Crippen molar-refractivity contribution in [2.75, 3.05) is 6.61 Å². The molecule has 1 N–H and O–H groups in total. The zero-order chi connectivity index (χ0) is 11.1. The van der Waals surface area contributed by atoms with Gasteiger partial charge in [-0.1, -0.05) is 0 Å². The van der Waals surface area contributed by atoms with Crippen LogP contribution in [0.15, 0.2) is 18.7 Å². The van der Waals surface area contributed by atoms with Crippen LogP contribution in [0.4, 0.5) is 0 Å². The van der Waals surface area contributed by atoms with Crippen LogP contribution >= 0.6 is 0 Å². The molecular formula is C9H12N2O4. The number of carboxylic acid groups (broad SMARTS) is 1. The monoisotopic (exact) mass is 212 g/mol. The van der Waals surface area contributed by atoms with E-state index >= 15 is 0 Å². The van der Waals surface area contributed by atoms with Gasteiger partial charge in [-0.15, -0.1) is 0 Å². The second-order valence-electron chi connectivity index (χ2n) is 2.91. The molecule has 0 aliphatic carbocycles. The maximum absolute atomic E-state index is 11.0. The summed E-state index contributed by atoms with van der Waals surface area (Å²) in [5.74, 6) is -1.49. The molecule has 0 aliphatic rings. The number of rotatable bonds is 6. The fourth-order valence-corrected chi connectivity index (χ4v) is 0.965. The molecule has 0 aromatic carbocycles. The summed E-state index contributed by atoms with van der Waals surface area (Å²) in [4.78, 5) is 24.9. The number of aliphatic carboxylic acids is 1. The first-order chi connectivity index (χ1) is 7.18. The molecule has 0 saturated heterocycles. The zero-order valence-electron chi connectivity index (χ0n) is 8.13. The van der Waals surface area contributed by atoms with Crippen molar-refractivity contribution in [3.05, 3.63) is 18.7 Å². The smallest absolute Gasteiger partial charge is 0.306 e. The minimum Gasteiger partial charge on any atom is -0.481 e. The zero-order valence-corrected chi connectivity index (χ0v) is 8.13. The third-order valence-corrected chi connectivity index (χ3v) is 1.71. The van der Waals surface area contributed by atoms with Crippen molar-refractivity contribution in [3.8, 4) is 0 Å². The lowest BCUT2D eigenvalue weighted by Crippen LogP contribution is -2.11. The Hall–Kier alpha value is -1.85. The van der Waals surface area contributed by atoms with Crippen LogP contribution in [0.2, 0.25) is 0 Å². The van der Waals surface area contributed by atoms with Gasteiger partial charge >= 0.3 is 11.9 Å². The molecule has 0 bridgehead atoms. The van der Waals surface area contributed by atoms with Crippen molar-refractivity contribution >= 4 is 11.9 Å². The van der Waals surface area contributed by atoms with Crippen molar-refractivity contribution in [1.29, 1.82) is 0 Å². The van der Waals surface area contributed by atoms with E-state index in [4.69, 9.17) is 9.84 Å². The van der Waals surface area contributed by atoms with Crippen molar-refractivity contribution in [2.24, 2.45) is 0 Å². The number of aromatic nitrogens is 2. The Kier molecular flexibility index (Phi) is 4.33. The number of carbonyl (C=O) groups excluding carboxylic acids is 1. The summed E-state index contributed by atoms with van der Waals surface area (Å²) >= 11 is 0. The normalized spacial score (nSPS) is 9.87. The number of carboxylic acids is 1. The summed E-state index contributed by atoms with van der Waals surface area (Å²) in [7, 11) is 0. The van der Waals surface area contributed by atoms with E-state index in [0.29, 0.717) is 6.54 Å². The first-order valence-corrected chi connectivity index (χ1v) is 4.51. The number of hydrogen-bond donors (Lipinski definition) is 1. The largest absolute Gasteiger partial charge is 0.481 e. The Morgan fingerprint density at radius 1 is 1.40 bits per heavy atom. The number of ether oxygens (including phenoxy) is 1. The topological polar surface area (TPSA) is 81.4 Å². The summed E-state index contributed by atoms with van der Waals surface area (Å²) < 4.78 is 6.58. The van der Waals surface area contributed by atoms with Crippen molar-refractivity contribution < 1.29 is 19.4 Å². The second kappa shape index (κ2) is 5.79. The molecule has 0 amide bonds. The lowest BCUT2D eigenvalue weighted by molar-refractivity contribution is -0.147. The summed E-state index contributed by atoms with van der Waals surface area (Å²) in [6.45, 7) is 0.758. The average molecular weight is 212 g/mol. The van der Waals surface area contributed by atoms with Crippen LogP contribution in [0.1, 0.15) is 12.8 Å². The molecule has 1 heterocycles. The van der Waals surface area contributed by atoms with E-state index in [1.54, 1.807) is 23.3 Å². The molecule has 82 valence electrons. The molecule has 1 rings (SSSR count). The molecule has 15 heavy (non-hydrogen) atoms. The Labute approximate surface area is 86.5 Å². The van der Waals surface area contributed by atoms with Crippen LogP contribution < -0.4 is 0 Å². The van der Waals surface area contributed by atoms with Gasteiger partial charge in [0.05, 0.1) is 25.7 Å². The Morgan fingerprint density at radius 3 is 2.80 bits per heavy atom. The highest BCUT2D eigenvalue weighted by Gasteiger charge is 2.05. The minimum absolute atomic E-state index is 0.0841. The van der Waals surface area contributed by atoms with E-state index in [1.165, 1.54) is 0 Å². The molecule has 0 radical (unpaired) electrons. The number of hydrogen-bond acceptors (Lipinski definition) is 4. The van der Waals surface area contributed by atoms with Crippen molar-refractivity contribution in [1.82, 2.24) is 9.55 Å². The molecule has 6 nitrogen and oxygen atoms in total. The lowest BCUT2D eigenvalue weighted by atomic mass is 10.3. The maximum Gasteiger partial charge on any atom is 0.306 e. The molecule has 6 heteroatoms. The average Bonchev–Trinajstić information content (AvgIpc) is 2.67. The standard InChI is InChI=1S/C9H12N2O4/c12-8(13)1-2-9(14)15-6-5-11-4-3-10-7-11/h3-4,7H,1-2,5-6H2,(H,12,13). The SMILES string of the molecule is O=C(O)CCC(=O)OCCn1ccnc1. The van der Waals surface area contributed by atoms with Crippen LogP contribution in [-0.4, -0.2) is 33.2 Å². The van der Waals surface area contributed by atoms with Crippen molar-refractivity contribution in [2.45, 2.75) is 19.4 Å². The number of imidazole rings is 1. The molecular weight excluding hydrogens is 200 g/mol. The van der Waals surface area contributed by atoms with Crippen LogP contribution in [0, 0.1) is 0 Å². The molecule has 1 aromatic rings. The maximum atomic E-state index is 11.0. The second-order valence-corrected chi connectivity index (χ2v) is 2.91. The van der Waals surface area contributed by atoms with Crippen LogP contribution in [0.5, 0.6) is 0 Å². The molecule has 0 atom stereocenters. The van der Waals surface area contributed by atoms with Crippen molar-refractivity contribution in [3.63, 3.8) is 0 Å². The Morgan fingerprint density at radius 2 is 2.20 bits per heavy atom. The predicted molar refractivity (Wildman–Crippen MR) is 50.1 cm³/mol. The fraction of sp³-hybridized carbons (Fsp3) is 0.444. The Bertz CT molecular complexity index is 321. The highest BCUT2D eigenvalue weighted by Crippen LogP contribution is 1.94. The van der Waals surface area contributed by atoms with Crippen LogP contribution in [0.25, 0.3) is 0 Å². The first-order valence-electron chi connectivity index (χ1n) is 4.51. The van der Waals surface area contributed by atoms with Gasteiger partial charge in [-0.25, -0.2) is 4.98 Å². The molecule has 1 aromatic heterocycles. The number of carbonyl (C=O) groups is 2. The van der Waals surface area contributed by atoms with Gasteiger partial charge in [-0.05, 0) is 0 Å². The van der Waals surface area contributed by atoms with Gasteiger partial charge in [0.15, 0.2) is 0 Å². The van der Waals surface area contributed by atoms with E-state index in [1.807, 2.05) is 0 Å². The molecule has 0 unspecified atom stereocenters. The third kappa shape index (κ3) is 4.80. The van der Waals surface area contributed by atoms with Gasteiger partial charge in [-0.3, -0.25) is 9.59 Å². The van der Waals surface area contributed by atoms with Gasteiger partial charge < -0.3 is 14.4 Å². The molecule has 0 spiro atoms. The van der Waals surface area contributed by atoms with E-state index in [9.17, 15) is 9.59 Å². The van der Waals surface area contributed by atoms with Gasteiger partial charge in [0, 0.05) is 12.4 Å². The summed E-state index contributed by atoms with van der Waals surface area (Å²) in [5.41, 5.74) is 0. The van der Waals surface area contributed by atoms with Gasteiger partial charge in [0.2, 0.25) is 0 Å². The highest BCUT2D eigenvalue weighted by molar-refractivity contribution is 5.76. The van der Waals surface area contributed by atoms with Crippen LogP contribution in [0.3, 0.4) is 0 Å². The van der Waals surface area contributed by atoms with E-state index in [-0.39, 0.29) is 19.4 Å². The summed E-state index contributed by atoms with van der Waals surface area (Å²) in [5, 5.41) is 8.32. The van der Waals surface area contributed by atoms with E-state index < -0.39 is 11.9 Å². The van der Waals surface area contributed by atoms with Gasteiger partial charge in [-0.2, -0.15) is 0 Å². The molecule has 0 fully saturated rings.